The number of aromatic nitrogens is 3. The molecule has 0 aliphatic rings. The third kappa shape index (κ3) is 4.71. The first-order valence-electron chi connectivity index (χ1n) is 9.08. The number of Topliss-reactive ketones (excluding diaryl/α,β-unsaturated/α-hetero) is 1. The molecule has 0 unspecified atom stereocenters. The number of nitrogens with one attached hydrogen (secondary N) is 2. The zero-order chi connectivity index (χ0) is 21.4. The SMILES string of the molecule is C=C(Cc1ccc(Nc2cnc3[nH]cc(C(=O)C(C)(C)C)c3n2)cc1)S(C)(=O)=O. The van der Waals surface area contributed by atoms with Gasteiger partial charge in [0.2, 0.25) is 0 Å². The normalized spacial score (nSPS) is 12.1. The van der Waals surface area contributed by atoms with Crippen LogP contribution >= 0.6 is 0 Å². The van der Waals surface area contributed by atoms with Crippen LogP contribution in [0, 0.1) is 5.41 Å². The Morgan fingerprint density at radius 1 is 1.21 bits per heavy atom. The molecule has 0 atom stereocenters. The van der Waals surface area contributed by atoms with Crippen molar-refractivity contribution in [1.29, 1.82) is 0 Å². The van der Waals surface area contributed by atoms with Gasteiger partial charge >= 0.3 is 0 Å². The average Bonchev–Trinajstić information content (AvgIpc) is 3.04. The summed E-state index contributed by atoms with van der Waals surface area (Å²) in [6, 6.07) is 7.31. The van der Waals surface area contributed by atoms with E-state index in [1.807, 2.05) is 45.0 Å². The minimum atomic E-state index is -3.26. The van der Waals surface area contributed by atoms with Gasteiger partial charge in [0.15, 0.2) is 21.3 Å². The van der Waals surface area contributed by atoms with E-state index in [1.165, 1.54) is 0 Å². The lowest BCUT2D eigenvalue weighted by Gasteiger charge is -2.15. The molecule has 1 aromatic carbocycles. The molecule has 2 aromatic heterocycles. The van der Waals surface area contributed by atoms with Gasteiger partial charge in [-0.05, 0) is 17.7 Å². The predicted octanol–water partition coefficient (Wildman–Crippen LogP) is 4.03. The quantitative estimate of drug-likeness (QED) is 0.592. The number of ketones is 1. The lowest BCUT2D eigenvalue weighted by Crippen LogP contribution is -2.20. The molecule has 0 spiro atoms. The highest BCUT2D eigenvalue weighted by Gasteiger charge is 2.26. The molecule has 0 amide bonds. The number of anilines is 2. The van der Waals surface area contributed by atoms with Gasteiger partial charge in [0.05, 0.1) is 11.8 Å². The van der Waals surface area contributed by atoms with E-state index >= 15 is 0 Å². The van der Waals surface area contributed by atoms with Gasteiger partial charge in [-0.15, -0.1) is 0 Å². The van der Waals surface area contributed by atoms with E-state index in [-0.39, 0.29) is 17.1 Å². The van der Waals surface area contributed by atoms with Crippen molar-refractivity contribution in [2.45, 2.75) is 27.2 Å². The van der Waals surface area contributed by atoms with Crippen LogP contribution in [0.15, 0.2) is 48.1 Å². The molecule has 8 heteroatoms. The monoisotopic (exact) mass is 412 g/mol. The lowest BCUT2D eigenvalue weighted by molar-refractivity contribution is 0.0860. The van der Waals surface area contributed by atoms with Gasteiger partial charge in [-0.3, -0.25) is 4.79 Å². The lowest BCUT2D eigenvalue weighted by atomic mass is 9.87. The molecular formula is C21H24N4O3S. The van der Waals surface area contributed by atoms with Crippen molar-refractivity contribution in [2.24, 2.45) is 5.41 Å². The van der Waals surface area contributed by atoms with Crippen LogP contribution in [-0.2, 0) is 16.3 Å². The molecule has 29 heavy (non-hydrogen) atoms. The Balaban J connectivity index is 1.81. The molecule has 0 bridgehead atoms. The summed E-state index contributed by atoms with van der Waals surface area (Å²) in [4.78, 5) is 24.7. The molecule has 3 rings (SSSR count). The highest BCUT2D eigenvalue weighted by atomic mass is 32.2. The van der Waals surface area contributed by atoms with Crippen LogP contribution in [0.2, 0.25) is 0 Å². The van der Waals surface area contributed by atoms with Crippen molar-refractivity contribution in [3.63, 3.8) is 0 Å². The number of fused-ring (bicyclic) bond motifs is 1. The van der Waals surface area contributed by atoms with Crippen molar-refractivity contribution in [1.82, 2.24) is 15.0 Å². The number of benzene rings is 1. The fourth-order valence-corrected chi connectivity index (χ4v) is 3.17. The van der Waals surface area contributed by atoms with Crippen LogP contribution in [-0.4, -0.2) is 35.4 Å². The van der Waals surface area contributed by atoms with Crippen molar-refractivity contribution in [3.8, 4) is 0 Å². The number of rotatable bonds is 6. The molecule has 152 valence electrons. The second kappa shape index (κ2) is 7.44. The first kappa shape index (κ1) is 20.7. The molecule has 0 aliphatic heterocycles. The summed E-state index contributed by atoms with van der Waals surface area (Å²) in [6.45, 7) is 9.22. The van der Waals surface area contributed by atoms with E-state index in [1.54, 1.807) is 12.4 Å². The molecule has 7 nitrogen and oxygen atoms in total. The van der Waals surface area contributed by atoms with Crippen molar-refractivity contribution < 1.29 is 13.2 Å². The van der Waals surface area contributed by atoms with Crippen molar-refractivity contribution >= 4 is 38.3 Å². The number of hydrogen-bond acceptors (Lipinski definition) is 6. The number of carbonyl (C=O) groups is 1. The average molecular weight is 413 g/mol. The highest BCUT2D eigenvalue weighted by molar-refractivity contribution is 7.94. The van der Waals surface area contributed by atoms with E-state index in [4.69, 9.17) is 0 Å². The van der Waals surface area contributed by atoms with Crippen LogP contribution < -0.4 is 5.32 Å². The number of aromatic amines is 1. The maximum atomic E-state index is 12.6. The van der Waals surface area contributed by atoms with Crippen molar-refractivity contribution in [2.75, 3.05) is 11.6 Å². The fourth-order valence-electron chi connectivity index (χ4n) is 2.74. The highest BCUT2D eigenvalue weighted by Crippen LogP contribution is 2.26. The summed E-state index contributed by atoms with van der Waals surface area (Å²) in [7, 11) is -3.26. The molecule has 0 aliphatic carbocycles. The van der Waals surface area contributed by atoms with Crippen molar-refractivity contribution in [3.05, 3.63) is 59.3 Å². The Kier molecular flexibility index (Phi) is 5.32. The maximum Gasteiger partial charge on any atom is 0.171 e. The standard InChI is InChI=1S/C21H24N4O3S/c1-13(29(5,27)28)10-14-6-8-15(9-7-14)24-17-12-23-20-18(25-17)16(11-22-20)19(26)21(2,3)4/h6-9,11-12H,1,10H2,2-5H3,(H,22,23)(H,24,25). The smallest absolute Gasteiger partial charge is 0.171 e. The first-order valence-corrected chi connectivity index (χ1v) is 11.0. The number of sulfone groups is 1. The Morgan fingerprint density at radius 2 is 1.86 bits per heavy atom. The molecule has 2 N–H and O–H groups in total. The topological polar surface area (TPSA) is 105 Å². The Bertz CT molecular complexity index is 1190. The second-order valence-corrected chi connectivity index (χ2v) is 10.2. The van der Waals surface area contributed by atoms with Gasteiger partial charge in [0, 0.05) is 34.9 Å². The largest absolute Gasteiger partial charge is 0.344 e. The summed E-state index contributed by atoms with van der Waals surface area (Å²) >= 11 is 0. The molecule has 0 saturated heterocycles. The molecule has 2 heterocycles. The van der Waals surface area contributed by atoms with Gasteiger partial charge < -0.3 is 10.3 Å². The summed E-state index contributed by atoms with van der Waals surface area (Å²) in [6.07, 6.45) is 4.65. The van der Waals surface area contributed by atoms with Gasteiger partial charge in [-0.2, -0.15) is 0 Å². The number of hydrogen-bond donors (Lipinski definition) is 2. The Morgan fingerprint density at radius 3 is 2.45 bits per heavy atom. The zero-order valence-corrected chi connectivity index (χ0v) is 17.7. The molecular weight excluding hydrogens is 388 g/mol. The number of carbonyl (C=O) groups excluding carboxylic acids is 1. The third-order valence-corrected chi connectivity index (χ3v) is 5.65. The van der Waals surface area contributed by atoms with Crippen LogP contribution in [0.3, 0.4) is 0 Å². The van der Waals surface area contributed by atoms with Crippen LogP contribution in [0.1, 0.15) is 36.7 Å². The summed E-state index contributed by atoms with van der Waals surface area (Å²) in [5, 5.41) is 3.16. The third-order valence-electron chi connectivity index (χ3n) is 4.46. The fraction of sp³-hybridized carbons (Fsp3) is 0.286. The summed E-state index contributed by atoms with van der Waals surface area (Å²) in [5.74, 6) is 0.499. The number of nitrogens with zero attached hydrogens (tertiary/aromatic N) is 2. The van der Waals surface area contributed by atoms with E-state index in [0.29, 0.717) is 22.5 Å². The molecule has 3 aromatic rings. The van der Waals surface area contributed by atoms with E-state index in [0.717, 1.165) is 17.5 Å². The van der Waals surface area contributed by atoms with Gasteiger partial charge in [-0.25, -0.2) is 18.4 Å². The minimum absolute atomic E-state index is 0.00865. The van der Waals surface area contributed by atoms with Crippen LogP contribution in [0.25, 0.3) is 11.2 Å². The Labute approximate surface area is 170 Å². The molecule has 0 radical (unpaired) electrons. The van der Waals surface area contributed by atoms with E-state index < -0.39 is 15.3 Å². The maximum absolute atomic E-state index is 12.6. The van der Waals surface area contributed by atoms with Gasteiger partial charge in [-0.1, -0.05) is 39.5 Å². The molecule has 0 saturated carbocycles. The van der Waals surface area contributed by atoms with Crippen LogP contribution in [0.4, 0.5) is 11.5 Å². The first-order chi connectivity index (χ1) is 13.4. The van der Waals surface area contributed by atoms with Gasteiger partial charge in [0.25, 0.3) is 0 Å². The Hall–Kier alpha value is -3.00. The minimum Gasteiger partial charge on any atom is -0.344 e. The van der Waals surface area contributed by atoms with E-state index in [9.17, 15) is 13.2 Å². The number of allylic oxidation sites excluding steroid dienone is 1. The number of H-pyrrole nitrogens is 1. The predicted molar refractivity (Wildman–Crippen MR) is 115 cm³/mol. The zero-order valence-electron chi connectivity index (χ0n) is 16.9. The molecule has 0 fully saturated rings. The summed E-state index contributed by atoms with van der Waals surface area (Å²) in [5.41, 5.74) is 2.68. The van der Waals surface area contributed by atoms with Crippen LogP contribution in [0.5, 0.6) is 0 Å². The second-order valence-electron chi connectivity index (χ2n) is 8.04. The van der Waals surface area contributed by atoms with Gasteiger partial charge in [0.1, 0.15) is 11.3 Å². The van der Waals surface area contributed by atoms with E-state index in [2.05, 4.69) is 26.8 Å². The summed E-state index contributed by atoms with van der Waals surface area (Å²) < 4.78 is 23.0.